The second-order valence-corrected chi connectivity index (χ2v) is 14.1. The molecule has 4 aliphatic rings. The highest BCUT2D eigenvalue weighted by Gasteiger charge is 2.63. The summed E-state index contributed by atoms with van der Waals surface area (Å²) in [5.41, 5.74) is -0.0787. The van der Waals surface area contributed by atoms with Crippen LogP contribution in [0.25, 0.3) is 0 Å². The van der Waals surface area contributed by atoms with Gasteiger partial charge < -0.3 is 9.47 Å². The highest BCUT2D eigenvalue weighted by atomic mass is 127. The minimum absolute atomic E-state index is 0.170. The van der Waals surface area contributed by atoms with Crippen LogP contribution in [0.1, 0.15) is 79.8 Å². The number of hydrogen-bond acceptors (Lipinski definition) is 6. The Morgan fingerprint density at radius 1 is 1.08 bits per heavy atom. The van der Waals surface area contributed by atoms with E-state index in [1.807, 2.05) is 26.0 Å². The Kier molecular flexibility index (Phi) is 6.72. The smallest absolute Gasteiger partial charge is 0.338 e. The van der Waals surface area contributed by atoms with E-state index < -0.39 is 21.1 Å². The van der Waals surface area contributed by atoms with Crippen molar-refractivity contribution in [3.8, 4) is 5.75 Å². The van der Waals surface area contributed by atoms with Gasteiger partial charge in [0, 0.05) is 9.99 Å². The molecule has 2 atom stereocenters. The van der Waals surface area contributed by atoms with Gasteiger partial charge in [-0.3, -0.25) is 9.35 Å². The first-order valence-corrected chi connectivity index (χ1v) is 15.1. The standard InChI is InChI=1S/C28H31IO7S/c1-16(2)22-10-23(17(3)7-24(22)37(32,33)34)35-26(31)27-11-18-8-19(12-27)14-28(13-18,15-27)36-25(30)20-5-4-6-21(29)9-20/h4-7,9-10,16,18-19H,8,11-15H2,1-3H3,(H,32,33,34). The van der Waals surface area contributed by atoms with Crippen LogP contribution in [0.15, 0.2) is 41.3 Å². The number of aryl methyl sites for hydroxylation is 1. The second kappa shape index (κ2) is 9.34. The van der Waals surface area contributed by atoms with Crippen molar-refractivity contribution >= 4 is 44.6 Å². The van der Waals surface area contributed by atoms with Gasteiger partial charge in [0.1, 0.15) is 11.4 Å². The molecule has 1 N–H and O–H groups in total. The molecule has 0 aliphatic heterocycles. The molecule has 6 rings (SSSR count). The summed E-state index contributed by atoms with van der Waals surface area (Å²) in [6.07, 6.45) is 4.37. The number of hydrogen-bond donors (Lipinski definition) is 1. The van der Waals surface area contributed by atoms with Crippen LogP contribution < -0.4 is 4.74 Å². The summed E-state index contributed by atoms with van der Waals surface area (Å²) in [4.78, 5) is 26.7. The largest absolute Gasteiger partial charge is 0.455 e. The van der Waals surface area contributed by atoms with E-state index in [0.29, 0.717) is 41.7 Å². The second-order valence-electron chi connectivity index (χ2n) is 11.5. The van der Waals surface area contributed by atoms with Gasteiger partial charge in [-0.05, 0) is 121 Å². The lowest BCUT2D eigenvalue weighted by atomic mass is 9.48. The fourth-order valence-corrected chi connectivity index (χ4v) is 8.54. The average Bonchev–Trinajstić information content (AvgIpc) is 2.78. The molecule has 2 unspecified atom stereocenters. The van der Waals surface area contributed by atoms with Crippen LogP contribution in [0.5, 0.6) is 5.75 Å². The van der Waals surface area contributed by atoms with Gasteiger partial charge in [0.05, 0.1) is 15.9 Å². The van der Waals surface area contributed by atoms with Crippen molar-refractivity contribution in [1.82, 2.24) is 0 Å². The summed E-state index contributed by atoms with van der Waals surface area (Å²) in [7, 11) is -4.42. The number of carbonyl (C=O) groups is 2. The van der Waals surface area contributed by atoms with Gasteiger partial charge in [0.2, 0.25) is 0 Å². The molecule has 198 valence electrons. The zero-order valence-electron chi connectivity index (χ0n) is 21.1. The van der Waals surface area contributed by atoms with Gasteiger partial charge in [-0.25, -0.2) is 4.79 Å². The summed E-state index contributed by atoms with van der Waals surface area (Å²) < 4.78 is 46.7. The predicted molar refractivity (Wildman–Crippen MR) is 145 cm³/mol. The fourth-order valence-electron chi connectivity index (χ4n) is 7.08. The molecule has 2 aromatic carbocycles. The topological polar surface area (TPSA) is 107 Å². The molecule has 7 nitrogen and oxygen atoms in total. The molecule has 0 amide bonds. The quantitative estimate of drug-likeness (QED) is 0.177. The van der Waals surface area contributed by atoms with Crippen molar-refractivity contribution in [2.75, 3.05) is 0 Å². The Bertz CT molecular complexity index is 1370. The summed E-state index contributed by atoms with van der Waals surface area (Å²) in [6.45, 7) is 5.29. The molecule has 4 bridgehead atoms. The number of esters is 2. The Labute approximate surface area is 231 Å². The average molecular weight is 639 g/mol. The molecule has 4 fully saturated rings. The van der Waals surface area contributed by atoms with E-state index in [9.17, 15) is 22.6 Å². The van der Waals surface area contributed by atoms with E-state index in [2.05, 4.69) is 22.6 Å². The van der Waals surface area contributed by atoms with E-state index in [1.165, 1.54) is 6.07 Å². The van der Waals surface area contributed by atoms with Crippen LogP contribution in [0.2, 0.25) is 0 Å². The fraction of sp³-hybridized carbons (Fsp3) is 0.500. The van der Waals surface area contributed by atoms with Gasteiger partial charge in [-0.2, -0.15) is 8.42 Å². The third kappa shape index (κ3) is 5.06. The van der Waals surface area contributed by atoms with Crippen LogP contribution in [-0.2, 0) is 19.6 Å². The van der Waals surface area contributed by atoms with Crippen molar-refractivity contribution in [3.05, 3.63) is 56.7 Å². The molecule has 0 heterocycles. The van der Waals surface area contributed by atoms with Gasteiger partial charge >= 0.3 is 11.9 Å². The summed E-state index contributed by atoms with van der Waals surface area (Å²) in [6, 6.07) is 10.2. The minimum Gasteiger partial charge on any atom is -0.455 e. The highest BCUT2D eigenvalue weighted by molar-refractivity contribution is 14.1. The highest BCUT2D eigenvalue weighted by Crippen LogP contribution is 2.63. The van der Waals surface area contributed by atoms with Crippen molar-refractivity contribution in [3.63, 3.8) is 0 Å². The van der Waals surface area contributed by atoms with E-state index >= 15 is 0 Å². The number of benzene rings is 2. The Morgan fingerprint density at radius 3 is 2.35 bits per heavy atom. The molecule has 4 aliphatic carbocycles. The summed E-state index contributed by atoms with van der Waals surface area (Å²) in [5, 5.41) is 0. The first-order valence-electron chi connectivity index (χ1n) is 12.6. The summed E-state index contributed by atoms with van der Waals surface area (Å²) in [5.74, 6) is -0.0608. The first-order chi connectivity index (χ1) is 17.3. The lowest BCUT2D eigenvalue weighted by molar-refractivity contribution is -0.189. The van der Waals surface area contributed by atoms with Crippen LogP contribution >= 0.6 is 22.6 Å². The lowest BCUT2D eigenvalue weighted by Crippen LogP contribution is -2.60. The number of carbonyl (C=O) groups excluding carboxylic acids is 2. The van der Waals surface area contributed by atoms with Gasteiger partial charge in [-0.15, -0.1) is 0 Å². The number of rotatable bonds is 6. The molecule has 9 heteroatoms. The first kappa shape index (κ1) is 26.6. The van der Waals surface area contributed by atoms with Crippen LogP contribution in [-0.4, -0.2) is 30.5 Å². The number of halogens is 1. The van der Waals surface area contributed by atoms with Crippen molar-refractivity contribution < 1.29 is 32.0 Å². The molecular formula is C28H31IO7S. The maximum absolute atomic E-state index is 13.8. The summed E-state index contributed by atoms with van der Waals surface area (Å²) >= 11 is 2.17. The third-order valence-electron chi connectivity index (χ3n) is 8.22. The van der Waals surface area contributed by atoms with Crippen molar-refractivity contribution in [2.24, 2.45) is 17.3 Å². The zero-order chi connectivity index (χ0) is 26.8. The lowest BCUT2D eigenvalue weighted by Gasteiger charge is -2.59. The van der Waals surface area contributed by atoms with Gasteiger partial charge in [0.15, 0.2) is 0 Å². The molecular weight excluding hydrogens is 607 g/mol. The van der Waals surface area contributed by atoms with Crippen molar-refractivity contribution in [1.29, 1.82) is 0 Å². The van der Waals surface area contributed by atoms with Gasteiger partial charge in [-0.1, -0.05) is 19.9 Å². The minimum atomic E-state index is -4.42. The Morgan fingerprint density at radius 2 is 1.76 bits per heavy atom. The van der Waals surface area contributed by atoms with Crippen LogP contribution in [0.4, 0.5) is 0 Å². The number of ether oxygens (including phenoxy) is 2. The molecule has 0 aromatic heterocycles. The molecule has 37 heavy (non-hydrogen) atoms. The SMILES string of the molecule is Cc1cc(S(=O)(=O)O)c(C(C)C)cc1OC(=O)C12CC3CC(CC(OC(=O)c4cccc(I)c4)(C3)C1)C2. The molecule has 0 spiro atoms. The third-order valence-corrected chi connectivity index (χ3v) is 9.80. The maximum atomic E-state index is 13.8. The Balaban J connectivity index is 1.42. The van der Waals surface area contributed by atoms with Crippen LogP contribution in [0, 0.1) is 27.7 Å². The van der Waals surface area contributed by atoms with E-state index in [4.69, 9.17) is 9.47 Å². The monoisotopic (exact) mass is 638 g/mol. The maximum Gasteiger partial charge on any atom is 0.338 e. The molecule has 4 saturated carbocycles. The Hall–Kier alpha value is -1.98. The van der Waals surface area contributed by atoms with E-state index in [0.717, 1.165) is 22.8 Å². The molecule has 0 radical (unpaired) electrons. The van der Waals surface area contributed by atoms with E-state index in [1.54, 1.807) is 25.1 Å². The zero-order valence-corrected chi connectivity index (χ0v) is 24.1. The molecule has 0 saturated heterocycles. The van der Waals surface area contributed by atoms with E-state index in [-0.39, 0.29) is 34.6 Å². The molecule has 2 aromatic rings. The van der Waals surface area contributed by atoms with Crippen molar-refractivity contribution in [2.45, 2.75) is 75.7 Å². The van der Waals surface area contributed by atoms with Crippen LogP contribution in [0.3, 0.4) is 0 Å². The normalized spacial score (nSPS) is 28.4. The van der Waals surface area contributed by atoms with Gasteiger partial charge in [0.25, 0.3) is 10.1 Å². The predicted octanol–water partition coefficient (Wildman–Crippen LogP) is 6.07.